The smallest absolute Gasteiger partial charge is 0.0599 e. The van der Waals surface area contributed by atoms with E-state index in [1.807, 2.05) is 5.57 Å². The molecule has 0 bridgehead atoms. The quantitative estimate of drug-likeness (QED) is 0.424. The van der Waals surface area contributed by atoms with Gasteiger partial charge in [-0.1, -0.05) is 78.4 Å². The van der Waals surface area contributed by atoms with Gasteiger partial charge < -0.3 is 5.11 Å². The summed E-state index contributed by atoms with van der Waals surface area (Å²) in [4.78, 5) is 0. The predicted octanol–water partition coefficient (Wildman–Crippen LogP) is 8.56. The number of hydrogen-bond donors (Lipinski definition) is 1. The van der Waals surface area contributed by atoms with Crippen molar-refractivity contribution in [3.63, 3.8) is 0 Å². The first-order valence-electron chi connectivity index (χ1n) is 14.6. The standard InChI is InChI=1S/C31H52O/c1-21(2)9-8-10-22(3)24-12-13-25-23-11-14-27-30(5,26(23)15-19-29(24,25)4)20-16-28(32)31(27)17-6-7-18-31/h11,21-22,24-28,32H,6-10,12-20H2,1-5H3/t22-,24-,25+,26+,27?,28+,29-,30-/m1/s1. The largest absolute Gasteiger partial charge is 0.393 e. The fraction of sp³-hybridized carbons (Fsp3) is 0.935. The monoisotopic (exact) mass is 440 g/mol. The van der Waals surface area contributed by atoms with Crippen LogP contribution in [-0.2, 0) is 0 Å². The van der Waals surface area contributed by atoms with E-state index in [0.717, 1.165) is 41.9 Å². The highest BCUT2D eigenvalue weighted by Gasteiger charge is 2.63. The summed E-state index contributed by atoms with van der Waals surface area (Å²) in [5.41, 5.74) is 3.13. The zero-order chi connectivity index (χ0) is 22.7. The molecule has 1 heteroatoms. The molecule has 1 unspecified atom stereocenters. The fourth-order valence-corrected chi connectivity index (χ4v) is 10.7. The summed E-state index contributed by atoms with van der Waals surface area (Å²) in [6.45, 7) is 12.7. The Hall–Kier alpha value is -0.300. The Morgan fingerprint density at radius 3 is 2.28 bits per heavy atom. The van der Waals surface area contributed by atoms with Crippen LogP contribution in [0.15, 0.2) is 11.6 Å². The van der Waals surface area contributed by atoms with Gasteiger partial charge in [-0.3, -0.25) is 0 Å². The first-order chi connectivity index (χ1) is 15.2. The van der Waals surface area contributed by atoms with Crippen LogP contribution in [0.25, 0.3) is 0 Å². The molecule has 5 aliphatic rings. The van der Waals surface area contributed by atoms with Crippen molar-refractivity contribution in [3.05, 3.63) is 11.6 Å². The van der Waals surface area contributed by atoms with E-state index in [1.54, 1.807) is 0 Å². The third kappa shape index (κ3) is 3.41. The normalized spacial score (nSPS) is 46.0. The molecule has 0 aromatic carbocycles. The Bertz CT molecular complexity index is 714. The molecule has 5 rings (SSSR count). The Labute approximate surface area is 199 Å². The highest BCUT2D eigenvalue weighted by molar-refractivity contribution is 5.29. The number of aliphatic hydroxyl groups excluding tert-OH is 1. The van der Waals surface area contributed by atoms with Gasteiger partial charge in [0.15, 0.2) is 0 Å². The van der Waals surface area contributed by atoms with Crippen LogP contribution in [0.1, 0.15) is 125 Å². The van der Waals surface area contributed by atoms with Crippen molar-refractivity contribution in [1.82, 2.24) is 0 Å². The number of aliphatic hydroxyl groups is 1. The van der Waals surface area contributed by atoms with E-state index in [2.05, 4.69) is 40.7 Å². The number of hydrogen-bond acceptors (Lipinski definition) is 1. The number of allylic oxidation sites excluding steroid dienone is 2. The molecule has 1 N–H and O–H groups in total. The molecule has 4 saturated carbocycles. The van der Waals surface area contributed by atoms with Gasteiger partial charge in [-0.15, -0.1) is 0 Å². The van der Waals surface area contributed by atoms with E-state index in [-0.39, 0.29) is 11.5 Å². The van der Waals surface area contributed by atoms with Crippen molar-refractivity contribution in [2.24, 2.45) is 51.8 Å². The fourth-order valence-electron chi connectivity index (χ4n) is 10.7. The lowest BCUT2D eigenvalue weighted by atomic mass is 9.42. The lowest BCUT2D eigenvalue weighted by molar-refractivity contribution is -0.139. The van der Waals surface area contributed by atoms with Crippen LogP contribution in [0.2, 0.25) is 0 Å². The molecule has 32 heavy (non-hydrogen) atoms. The van der Waals surface area contributed by atoms with Crippen LogP contribution in [0.5, 0.6) is 0 Å². The van der Waals surface area contributed by atoms with Crippen molar-refractivity contribution >= 4 is 0 Å². The molecule has 1 nitrogen and oxygen atoms in total. The Morgan fingerprint density at radius 1 is 0.875 bits per heavy atom. The first-order valence-corrected chi connectivity index (χ1v) is 14.6. The minimum atomic E-state index is -0.0329. The van der Waals surface area contributed by atoms with Crippen LogP contribution in [0, 0.1) is 51.8 Å². The SMILES string of the molecule is CC(C)CCC[C@@H](C)[C@H]1CC[C@H]2C3=CCC4C5(CCCC5)[C@@H](O)CC[C@]4(C)[C@H]3CC[C@]12C. The molecule has 0 aliphatic heterocycles. The maximum atomic E-state index is 11.2. The van der Waals surface area contributed by atoms with Crippen LogP contribution in [0.4, 0.5) is 0 Å². The van der Waals surface area contributed by atoms with Gasteiger partial charge in [-0.2, -0.15) is 0 Å². The second kappa shape index (κ2) is 8.42. The number of rotatable bonds is 5. The van der Waals surface area contributed by atoms with Gasteiger partial charge in [0.2, 0.25) is 0 Å². The Kier molecular flexibility index (Phi) is 6.17. The summed E-state index contributed by atoms with van der Waals surface area (Å²) in [6, 6.07) is 0. The van der Waals surface area contributed by atoms with Crippen molar-refractivity contribution in [2.45, 2.75) is 131 Å². The lowest BCUT2D eigenvalue weighted by Gasteiger charge is -2.62. The molecule has 0 aromatic heterocycles. The van der Waals surface area contributed by atoms with Gasteiger partial charge in [0.1, 0.15) is 0 Å². The van der Waals surface area contributed by atoms with Crippen molar-refractivity contribution in [1.29, 1.82) is 0 Å². The van der Waals surface area contributed by atoms with Crippen molar-refractivity contribution in [2.75, 3.05) is 0 Å². The van der Waals surface area contributed by atoms with Gasteiger partial charge in [-0.05, 0) is 110 Å². The third-order valence-corrected chi connectivity index (χ3v) is 12.3. The summed E-state index contributed by atoms with van der Waals surface area (Å²) in [6.07, 6.45) is 21.7. The van der Waals surface area contributed by atoms with Gasteiger partial charge in [0, 0.05) is 0 Å². The average Bonchev–Trinajstić information content (AvgIpc) is 3.36. The van der Waals surface area contributed by atoms with Gasteiger partial charge >= 0.3 is 0 Å². The van der Waals surface area contributed by atoms with E-state index in [9.17, 15) is 5.11 Å². The summed E-state index contributed by atoms with van der Waals surface area (Å²) >= 11 is 0. The minimum Gasteiger partial charge on any atom is -0.393 e. The maximum Gasteiger partial charge on any atom is 0.0599 e. The van der Waals surface area contributed by atoms with Gasteiger partial charge in [0.25, 0.3) is 0 Å². The summed E-state index contributed by atoms with van der Waals surface area (Å²) in [5, 5.41) is 11.2. The second-order valence-electron chi connectivity index (χ2n) is 14.1. The molecule has 8 atom stereocenters. The van der Waals surface area contributed by atoms with E-state index in [4.69, 9.17) is 0 Å². The highest BCUT2D eigenvalue weighted by Crippen LogP contribution is 2.70. The molecule has 0 heterocycles. The first kappa shape index (κ1) is 23.4. The van der Waals surface area contributed by atoms with Crippen LogP contribution in [-0.4, -0.2) is 11.2 Å². The minimum absolute atomic E-state index is 0.0329. The van der Waals surface area contributed by atoms with E-state index < -0.39 is 0 Å². The third-order valence-electron chi connectivity index (χ3n) is 12.3. The van der Waals surface area contributed by atoms with Gasteiger partial charge in [0.05, 0.1) is 6.10 Å². The maximum absolute atomic E-state index is 11.2. The molecule has 1 spiro atoms. The van der Waals surface area contributed by atoms with Gasteiger partial charge in [-0.25, -0.2) is 0 Å². The molecule has 0 amide bonds. The summed E-state index contributed by atoms with van der Waals surface area (Å²) < 4.78 is 0. The van der Waals surface area contributed by atoms with Crippen LogP contribution < -0.4 is 0 Å². The second-order valence-corrected chi connectivity index (χ2v) is 14.1. The van der Waals surface area contributed by atoms with Crippen LogP contribution in [0.3, 0.4) is 0 Å². The average molecular weight is 441 g/mol. The van der Waals surface area contributed by atoms with Crippen molar-refractivity contribution in [3.8, 4) is 0 Å². The zero-order valence-corrected chi connectivity index (χ0v) is 22.0. The molecule has 0 radical (unpaired) electrons. The molecule has 4 fully saturated rings. The zero-order valence-electron chi connectivity index (χ0n) is 22.0. The lowest BCUT2D eigenvalue weighted by Crippen LogP contribution is -2.57. The summed E-state index contributed by atoms with van der Waals surface area (Å²) in [5.74, 6) is 5.05. The Morgan fingerprint density at radius 2 is 1.56 bits per heavy atom. The molecule has 182 valence electrons. The molecular weight excluding hydrogens is 388 g/mol. The Balaban J connectivity index is 1.38. The van der Waals surface area contributed by atoms with Crippen LogP contribution >= 0.6 is 0 Å². The van der Waals surface area contributed by atoms with E-state index >= 15 is 0 Å². The molecule has 0 saturated heterocycles. The highest BCUT2D eigenvalue weighted by atomic mass is 16.3. The number of fused-ring (bicyclic) bond motifs is 6. The topological polar surface area (TPSA) is 20.2 Å². The van der Waals surface area contributed by atoms with Crippen molar-refractivity contribution < 1.29 is 5.11 Å². The molecular formula is C31H52O. The van der Waals surface area contributed by atoms with E-state index in [1.165, 1.54) is 83.5 Å². The molecule has 0 aromatic rings. The summed E-state index contributed by atoms with van der Waals surface area (Å²) in [7, 11) is 0. The molecule has 5 aliphatic carbocycles. The predicted molar refractivity (Wildman–Crippen MR) is 135 cm³/mol. The van der Waals surface area contributed by atoms with E-state index in [0.29, 0.717) is 10.8 Å².